The number of amides is 1. The van der Waals surface area contributed by atoms with Crippen LogP contribution in [0.25, 0.3) is 0 Å². The van der Waals surface area contributed by atoms with Gasteiger partial charge < -0.3 is 14.6 Å². The second kappa shape index (κ2) is 7.61. The van der Waals surface area contributed by atoms with Crippen LogP contribution in [0, 0.1) is 12.7 Å². The van der Waals surface area contributed by atoms with Gasteiger partial charge in [0.25, 0.3) is 5.91 Å². The van der Waals surface area contributed by atoms with E-state index < -0.39 is 6.10 Å². The molecule has 0 saturated carbocycles. The molecule has 1 fully saturated rings. The highest BCUT2D eigenvalue weighted by molar-refractivity contribution is 6.04. The lowest BCUT2D eigenvalue weighted by Crippen LogP contribution is -2.51. The first-order chi connectivity index (χ1) is 13.6. The van der Waals surface area contributed by atoms with Gasteiger partial charge in [0.05, 0.1) is 11.9 Å². The predicted octanol–water partition coefficient (Wildman–Crippen LogP) is 2.19. The Morgan fingerprint density at radius 1 is 1.21 bits per heavy atom. The van der Waals surface area contributed by atoms with Crippen LogP contribution >= 0.6 is 0 Å². The Bertz CT molecular complexity index is 885. The van der Waals surface area contributed by atoms with Crippen molar-refractivity contribution in [1.82, 2.24) is 14.7 Å². The Morgan fingerprint density at radius 2 is 1.93 bits per heavy atom. The van der Waals surface area contributed by atoms with Crippen LogP contribution in [0.1, 0.15) is 24.6 Å². The van der Waals surface area contributed by atoms with Gasteiger partial charge in [-0.3, -0.25) is 9.48 Å². The number of benzene rings is 1. The Morgan fingerprint density at radius 3 is 2.57 bits per heavy atom. The van der Waals surface area contributed by atoms with Gasteiger partial charge in [-0.15, -0.1) is 0 Å². The molecule has 2 aliphatic heterocycles. The topological polar surface area (TPSA) is 63.0 Å². The second-order valence-corrected chi connectivity index (χ2v) is 7.08. The number of hydrogen-bond acceptors (Lipinski definition) is 5. The monoisotopic (exact) mass is 385 g/mol. The number of oxime groups is 1. The van der Waals surface area contributed by atoms with E-state index in [4.69, 9.17) is 4.84 Å². The lowest BCUT2D eigenvalue weighted by atomic mass is 10.0. The number of anilines is 1. The molecule has 4 rings (SSSR count). The number of aryl methyl sites for hydroxylation is 1. The Kier molecular flexibility index (Phi) is 5.02. The van der Waals surface area contributed by atoms with E-state index in [1.54, 1.807) is 18.3 Å². The van der Waals surface area contributed by atoms with Crippen LogP contribution in [0.15, 0.2) is 35.6 Å². The molecular weight excluding hydrogens is 361 g/mol. The normalized spacial score (nSPS) is 19.5. The third-order valence-corrected chi connectivity index (χ3v) is 5.44. The summed E-state index contributed by atoms with van der Waals surface area (Å²) in [6, 6.07) is 6.46. The fourth-order valence-corrected chi connectivity index (χ4v) is 3.76. The summed E-state index contributed by atoms with van der Waals surface area (Å²) >= 11 is 0. The minimum absolute atomic E-state index is 0.0296. The van der Waals surface area contributed by atoms with Crippen molar-refractivity contribution in [2.24, 2.45) is 5.16 Å². The summed E-state index contributed by atoms with van der Waals surface area (Å²) in [5, 5.41) is 8.49. The summed E-state index contributed by atoms with van der Waals surface area (Å²) < 4.78 is 15.0. The standard InChI is InChI=1S/C20H24FN5O2/c1-3-26-14(2)17(13-22-26)18-12-19(28-23-18)20(27)25-10-8-24(9-11-25)16-6-4-15(21)5-7-16/h4-7,13,19H,3,8-12H2,1-2H3/t19-/m0/s1. The lowest BCUT2D eigenvalue weighted by Gasteiger charge is -2.36. The number of nitrogens with zero attached hydrogens (tertiary/aromatic N) is 5. The van der Waals surface area contributed by atoms with Crippen LogP contribution < -0.4 is 4.90 Å². The van der Waals surface area contributed by atoms with Crippen LogP contribution in [0.5, 0.6) is 0 Å². The molecule has 148 valence electrons. The fourth-order valence-electron chi connectivity index (χ4n) is 3.76. The molecule has 0 aliphatic carbocycles. The van der Waals surface area contributed by atoms with Crippen molar-refractivity contribution < 1.29 is 14.0 Å². The Labute approximate surface area is 163 Å². The first kappa shape index (κ1) is 18.5. The molecular formula is C20H24FN5O2. The summed E-state index contributed by atoms with van der Waals surface area (Å²) in [5.74, 6) is -0.274. The number of aromatic nitrogens is 2. The maximum Gasteiger partial charge on any atom is 0.267 e. The quantitative estimate of drug-likeness (QED) is 0.809. The van der Waals surface area contributed by atoms with Crippen molar-refractivity contribution in [2.45, 2.75) is 32.9 Å². The van der Waals surface area contributed by atoms with E-state index >= 15 is 0 Å². The van der Waals surface area contributed by atoms with Gasteiger partial charge in [0.15, 0.2) is 0 Å². The molecule has 3 heterocycles. The number of carbonyl (C=O) groups excluding carboxylic acids is 1. The SMILES string of the molecule is CCn1ncc(C2=NO[C@H](C(=O)N3CCN(c4ccc(F)cc4)CC3)C2)c1C. The Hall–Kier alpha value is -2.90. The number of halogens is 1. The summed E-state index contributed by atoms with van der Waals surface area (Å²) in [4.78, 5) is 22.3. The highest BCUT2D eigenvalue weighted by Crippen LogP contribution is 2.22. The van der Waals surface area contributed by atoms with Gasteiger partial charge in [-0.05, 0) is 38.1 Å². The number of carbonyl (C=O) groups is 1. The van der Waals surface area contributed by atoms with E-state index in [1.165, 1.54) is 12.1 Å². The highest BCUT2D eigenvalue weighted by atomic mass is 19.1. The van der Waals surface area contributed by atoms with Crippen molar-refractivity contribution in [3.63, 3.8) is 0 Å². The molecule has 1 aromatic heterocycles. The zero-order chi connectivity index (χ0) is 19.7. The zero-order valence-corrected chi connectivity index (χ0v) is 16.1. The zero-order valence-electron chi connectivity index (χ0n) is 16.1. The summed E-state index contributed by atoms with van der Waals surface area (Å²) in [6.45, 7) is 7.46. The molecule has 0 unspecified atom stereocenters. The molecule has 8 heteroatoms. The molecule has 1 aromatic carbocycles. The van der Waals surface area contributed by atoms with E-state index in [0.29, 0.717) is 32.6 Å². The van der Waals surface area contributed by atoms with Crippen LogP contribution in [-0.4, -0.2) is 58.6 Å². The molecule has 0 N–H and O–H groups in total. The number of hydrogen-bond donors (Lipinski definition) is 0. The molecule has 7 nitrogen and oxygen atoms in total. The molecule has 0 bridgehead atoms. The molecule has 0 radical (unpaired) electrons. The lowest BCUT2D eigenvalue weighted by molar-refractivity contribution is -0.142. The van der Waals surface area contributed by atoms with Gasteiger partial charge in [0.1, 0.15) is 5.82 Å². The van der Waals surface area contributed by atoms with E-state index in [-0.39, 0.29) is 11.7 Å². The highest BCUT2D eigenvalue weighted by Gasteiger charge is 2.34. The largest absolute Gasteiger partial charge is 0.382 e. The van der Waals surface area contributed by atoms with Crippen LogP contribution in [0.4, 0.5) is 10.1 Å². The molecule has 1 atom stereocenters. The second-order valence-electron chi connectivity index (χ2n) is 7.08. The van der Waals surface area contributed by atoms with E-state index in [9.17, 15) is 9.18 Å². The first-order valence-corrected chi connectivity index (χ1v) is 9.61. The van der Waals surface area contributed by atoms with Crippen molar-refractivity contribution >= 4 is 17.3 Å². The van der Waals surface area contributed by atoms with Crippen molar-refractivity contribution in [3.05, 3.63) is 47.5 Å². The van der Waals surface area contributed by atoms with Gasteiger partial charge in [-0.25, -0.2) is 4.39 Å². The average molecular weight is 385 g/mol. The smallest absolute Gasteiger partial charge is 0.267 e. The molecule has 0 spiro atoms. The van der Waals surface area contributed by atoms with E-state index in [2.05, 4.69) is 15.2 Å². The van der Waals surface area contributed by atoms with Gasteiger partial charge in [-0.2, -0.15) is 5.10 Å². The molecule has 2 aliphatic rings. The summed E-state index contributed by atoms with van der Waals surface area (Å²) in [6.07, 6.45) is 1.68. The first-order valence-electron chi connectivity index (χ1n) is 9.61. The van der Waals surface area contributed by atoms with Crippen LogP contribution in [0.3, 0.4) is 0 Å². The molecule has 2 aromatic rings. The number of piperazine rings is 1. The maximum absolute atomic E-state index is 13.1. The maximum atomic E-state index is 13.1. The van der Waals surface area contributed by atoms with Crippen molar-refractivity contribution in [2.75, 3.05) is 31.1 Å². The predicted molar refractivity (Wildman–Crippen MR) is 104 cm³/mol. The van der Waals surface area contributed by atoms with Gasteiger partial charge in [0, 0.05) is 56.1 Å². The van der Waals surface area contributed by atoms with Crippen molar-refractivity contribution in [1.29, 1.82) is 0 Å². The van der Waals surface area contributed by atoms with E-state index in [1.807, 2.05) is 23.4 Å². The third kappa shape index (κ3) is 3.46. The molecule has 1 saturated heterocycles. The minimum Gasteiger partial charge on any atom is -0.382 e. The van der Waals surface area contributed by atoms with Crippen LogP contribution in [-0.2, 0) is 16.2 Å². The van der Waals surface area contributed by atoms with Crippen molar-refractivity contribution in [3.8, 4) is 0 Å². The van der Waals surface area contributed by atoms with Gasteiger partial charge in [-0.1, -0.05) is 5.16 Å². The summed E-state index contributed by atoms with van der Waals surface area (Å²) in [5.41, 5.74) is 3.73. The summed E-state index contributed by atoms with van der Waals surface area (Å²) in [7, 11) is 0. The average Bonchev–Trinajstić information content (AvgIpc) is 3.34. The minimum atomic E-state index is -0.572. The van der Waals surface area contributed by atoms with Crippen LogP contribution in [0.2, 0.25) is 0 Å². The molecule has 28 heavy (non-hydrogen) atoms. The van der Waals surface area contributed by atoms with E-state index in [0.717, 1.165) is 29.2 Å². The molecule has 1 amide bonds. The van der Waals surface area contributed by atoms with Gasteiger partial charge in [0.2, 0.25) is 6.10 Å². The fraction of sp³-hybridized carbons (Fsp3) is 0.450. The Balaban J connectivity index is 1.34. The number of rotatable bonds is 4. The third-order valence-electron chi connectivity index (χ3n) is 5.44. The van der Waals surface area contributed by atoms with Gasteiger partial charge >= 0.3 is 0 Å².